The van der Waals surface area contributed by atoms with Crippen molar-refractivity contribution in [3.63, 3.8) is 0 Å². The van der Waals surface area contributed by atoms with E-state index < -0.39 is 8.60 Å². The number of unbranched alkanes of at least 4 members (excludes halogenated alkanes) is 17. The second-order valence-electron chi connectivity index (χ2n) is 10.4. The van der Waals surface area contributed by atoms with Crippen molar-refractivity contribution in [3.05, 3.63) is 0 Å². The number of carbonyl (C=O) groups is 1. The molecule has 0 aliphatic carbocycles. The average molecular weight is 534 g/mol. The van der Waals surface area contributed by atoms with Gasteiger partial charge in [-0.15, -0.1) is 0 Å². The molecule has 0 aliphatic heterocycles. The van der Waals surface area contributed by atoms with Crippen LogP contribution in [0.2, 0.25) is 0 Å². The van der Waals surface area contributed by atoms with Crippen molar-refractivity contribution >= 4 is 14.6 Å². The largest absolute Gasteiger partial charge is 0.460 e. The van der Waals surface area contributed by atoms with E-state index in [-0.39, 0.29) is 18.7 Å². The molecule has 0 aromatic carbocycles. The van der Waals surface area contributed by atoms with Crippen LogP contribution in [0.5, 0.6) is 0 Å². The van der Waals surface area contributed by atoms with Crippen LogP contribution in [0.4, 0.5) is 0 Å². The zero-order valence-electron chi connectivity index (χ0n) is 24.3. The van der Waals surface area contributed by atoms with Gasteiger partial charge in [0, 0.05) is 13.0 Å². The maximum absolute atomic E-state index is 11.7. The average Bonchev–Trinajstić information content (AvgIpc) is 2.86. The van der Waals surface area contributed by atoms with E-state index in [0.717, 1.165) is 25.8 Å². The van der Waals surface area contributed by atoms with Crippen LogP contribution in [0.25, 0.3) is 0 Å². The van der Waals surface area contributed by atoms with Gasteiger partial charge in [0.25, 0.3) is 0 Å². The van der Waals surface area contributed by atoms with Crippen molar-refractivity contribution in [2.24, 2.45) is 0 Å². The predicted octanol–water partition coefficient (Wildman–Crippen LogP) is 8.55. The molecule has 2 atom stereocenters. The van der Waals surface area contributed by atoms with Crippen molar-refractivity contribution in [2.45, 2.75) is 148 Å². The lowest BCUT2D eigenvalue weighted by atomic mass is 10.0. The molecule has 0 aromatic heterocycles. The molecule has 0 radical (unpaired) electrons. The fraction of sp³-hybridized carbons (Fsp3) is 0.966. The predicted molar refractivity (Wildman–Crippen MR) is 153 cm³/mol. The third kappa shape index (κ3) is 26.8. The Morgan fingerprint density at radius 3 is 1.58 bits per heavy atom. The Bertz CT molecular complexity index is 467. The molecule has 0 saturated heterocycles. The molecule has 0 heterocycles. The van der Waals surface area contributed by atoms with Crippen LogP contribution >= 0.6 is 8.60 Å². The Kier molecular flexibility index (Phi) is 27.6. The summed E-state index contributed by atoms with van der Waals surface area (Å²) >= 11 is 0. The Balaban J connectivity index is 3.63. The van der Waals surface area contributed by atoms with Crippen molar-refractivity contribution < 1.29 is 23.5 Å². The molecule has 0 spiro atoms. The fourth-order valence-corrected chi connectivity index (χ4v) is 4.81. The van der Waals surface area contributed by atoms with Gasteiger partial charge < -0.3 is 23.6 Å². The van der Waals surface area contributed by atoms with Crippen LogP contribution in [0.1, 0.15) is 142 Å². The van der Waals surface area contributed by atoms with Crippen LogP contribution < -0.4 is 0 Å². The van der Waals surface area contributed by atoms with Gasteiger partial charge in [-0.1, -0.05) is 123 Å². The molecular formula is C29H60NO5P. The molecule has 36 heavy (non-hydrogen) atoms. The van der Waals surface area contributed by atoms with Crippen LogP contribution in [0.3, 0.4) is 0 Å². The molecule has 7 heteroatoms. The van der Waals surface area contributed by atoms with Crippen LogP contribution in [0.15, 0.2) is 0 Å². The lowest BCUT2D eigenvalue weighted by molar-refractivity contribution is -0.150. The minimum absolute atomic E-state index is 0.189. The van der Waals surface area contributed by atoms with Crippen molar-refractivity contribution in [1.82, 2.24) is 4.90 Å². The molecule has 2 unspecified atom stereocenters. The highest BCUT2D eigenvalue weighted by atomic mass is 31.2. The number of carbonyl (C=O) groups excluding carboxylic acids is 1. The maximum atomic E-state index is 11.7. The van der Waals surface area contributed by atoms with Gasteiger partial charge in [0.2, 0.25) is 0 Å². The van der Waals surface area contributed by atoms with Gasteiger partial charge in [0.15, 0.2) is 0 Å². The van der Waals surface area contributed by atoms with E-state index >= 15 is 0 Å². The number of nitrogens with zero attached hydrogens (tertiary/aromatic N) is 1. The third-order valence-electron chi connectivity index (χ3n) is 6.58. The van der Waals surface area contributed by atoms with Gasteiger partial charge in [-0.25, -0.2) is 0 Å². The van der Waals surface area contributed by atoms with Gasteiger partial charge >= 0.3 is 14.6 Å². The summed E-state index contributed by atoms with van der Waals surface area (Å²) in [7, 11) is 1.96. The number of ether oxygens (including phenoxy) is 1. The minimum Gasteiger partial charge on any atom is -0.460 e. The normalized spacial score (nSPS) is 13.3. The SMILES string of the molecule is CCCCCCCCCCCCCCCCCCCCC(COP(O)OCCN(C)C)OC(=O)CC. The molecule has 0 amide bonds. The van der Waals surface area contributed by atoms with E-state index in [0.29, 0.717) is 13.0 Å². The summed E-state index contributed by atoms with van der Waals surface area (Å²) in [5.74, 6) is -0.221. The first-order valence-corrected chi connectivity index (χ1v) is 16.2. The second kappa shape index (κ2) is 27.8. The summed E-state index contributed by atoms with van der Waals surface area (Å²) < 4.78 is 16.2. The minimum atomic E-state index is -1.93. The Morgan fingerprint density at radius 2 is 1.17 bits per heavy atom. The monoisotopic (exact) mass is 533 g/mol. The number of hydrogen-bond acceptors (Lipinski definition) is 6. The number of esters is 1. The van der Waals surface area contributed by atoms with Gasteiger partial charge in [-0.3, -0.25) is 4.79 Å². The molecule has 0 aliphatic rings. The molecule has 0 bridgehead atoms. The number of likely N-dealkylation sites (N-methyl/N-ethyl adjacent to an activating group) is 1. The van der Waals surface area contributed by atoms with Crippen LogP contribution in [0, 0.1) is 0 Å². The zero-order valence-corrected chi connectivity index (χ0v) is 25.2. The van der Waals surface area contributed by atoms with Gasteiger partial charge in [-0.05, 0) is 26.9 Å². The smallest absolute Gasteiger partial charge is 0.330 e. The van der Waals surface area contributed by atoms with E-state index in [1.165, 1.54) is 103 Å². The van der Waals surface area contributed by atoms with Gasteiger partial charge in [0.1, 0.15) is 6.10 Å². The molecule has 0 saturated carbocycles. The summed E-state index contributed by atoms with van der Waals surface area (Å²) in [5.41, 5.74) is 0. The standard InChI is InChI=1S/C29H60NO5P/c1-5-7-8-9-10-11-12-13-14-15-16-17-18-19-20-21-22-23-24-28(35-29(31)6-2)27-34-36(32)33-26-25-30(3)4/h28,32H,5-27H2,1-4H3. The van der Waals surface area contributed by atoms with Gasteiger partial charge in [0.05, 0.1) is 13.2 Å². The van der Waals surface area contributed by atoms with E-state index in [9.17, 15) is 9.69 Å². The van der Waals surface area contributed by atoms with Crippen LogP contribution in [-0.2, 0) is 18.6 Å². The Labute approximate surface area is 225 Å². The molecule has 1 N–H and O–H groups in total. The fourth-order valence-electron chi connectivity index (χ4n) is 4.20. The molecular weight excluding hydrogens is 473 g/mol. The summed E-state index contributed by atoms with van der Waals surface area (Å²) in [6.07, 6.45) is 25.1. The number of hydrogen-bond donors (Lipinski definition) is 1. The van der Waals surface area contributed by atoms with E-state index in [1.54, 1.807) is 6.92 Å². The zero-order chi connectivity index (χ0) is 26.7. The highest BCUT2D eigenvalue weighted by Gasteiger charge is 2.17. The maximum Gasteiger partial charge on any atom is 0.330 e. The Hall–Kier alpha value is -0.260. The van der Waals surface area contributed by atoms with Gasteiger partial charge in [-0.2, -0.15) is 0 Å². The lowest BCUT2D eigenvalue weighted by Crippen LogP contribution is -2.23. The van der Waals surface area contributed by atoms with Crippen molar-refractivity contribution in [2.75, 3.05) is 33.9 Å². The molecule has 0 rings (SSSR count). The van der Waals surface area contributed by atoms with E-state index in [1.807, 2.05) is 19.0 Å². The first kappa shape index (κ1) is 35.7. The van der Waals surface area contributed by atoms with E-state index in [2.05, 4.69) is 6.92 Å². The van der Waals surface area contributed by atoms with Crippen LogP contribution in [-0.4, -0.2) is 55.7 Å². The Morgan fingerprint density at radius 1 is 0.722 bits per heavy atom. The quantitative estimate of drug-likeness (QED) is 0.0617. The topological polar surface area (TPSA) is 68.2 Å². The number of rotatable bonds is 28. The third-order valence-corrected chi connectivity index (χ3v) is 7.35. The van der Waals surface area contributed by atoms with Crippen molar-refractivity contribution in [3.8, 4) is 0 Å². The molecule has 216 valence electrons. The highest BCUT2D eigenvalue weighted by molar-refractivity contribution is 7.40. The molecule has 0 aromatic rings. The summed E-state index contributed by atoms with van der Waals surface area (Å²) in [5, 5.41) is 0. The summed E-state index contributed by atoms with van der Waals surface area (Å²) in [6.45, 7) is 5.39. The highest BCUT2D eigenvalue weighted by Crippen LogP contribution is 2.33. The molecule has 0 fully saturated rings. The molecule has 6 nitrogen and oxygen atoms in total. The lowest BCUT2D eigenvalue weighted by Gasteiger charge is -2.19. The summed E-state index contributed by atoms with van der Waals surface area (Å²) in [4.78, 5) is 23.6. The van der Waals surface area contributed by atoms with E-state index in [4.69, 9.17) is 13.8 Å². The summed E-state index contributed by atoms with van der Waals surface area (Å²) in [6, 6.07) is 0. The van der Waals surface area contributed by atoms with Crippen molar-refractivity contribution in [1.29, 1.82) is 0 Å². The first-order valence-electron chi connectivity index (χ1n) is 15.1. The first-order chi connectivity index (χ1) is 17.5. The second-order valence-corrected chi connectivity index (χ2v) is 11.4.